The Morgan fingerprint density at radius 2 is 1.96 bits per heavy atom. The van der Waals surface area contributed by atoms with E-state index in [1.165, 1.54) is 5.06 Å². The van der Waals surface area contributed by atoms with Crippen molar-refractivity contribution in [3.63, 3.8) is 0 Å². The fourth-order valence-electron chi connectivity index (χ4n) is 3.38. The molecule has 27 heavy (non-hydrogen) atoms. The Morgan fingerprint density at radius 1 is 1.22 bits per heavy atom. The third kappa shape index (κ3) is 5.14. The number of aliphatic imine (C=N–C) groups is 1. The highest BCUT2D eigenvalue weighted by molar-refractivity contribution is 7.94. The Balaban J connectivity index is 1.45. The van der Waals surface area contributed by atoms with Crippen LogP contribution in [0.5, 0.6) is 11.5 Å². The van der Waals surface area contributed by atoms with E-state index in [4.69, 9.17) is 14.5 Å². The number of benzene rings is 1. The SMILES string of the molecule is CCCC1N=C2CN(C)SN(CCCCOc3ccc(OC)cc3)C2N1O. The van der Waals surface area contributed by atoms with Gasteiger partial charge in [-0.05, 0) is 50.6 Å². The maximum absolute atomic E-state index is 10.6. The minimum Gasteiger partial charge on any atom is -0.497 e. The Hall–Kier alpha value is -1.32. The van der Waals surface area contributed by atoms with Crippen LogP contribution in [0.2, 0.25) is 0 Å². The summed E-state index contributed by atoms with van der Waals surface area (Å²) in [4.78, 5) is 4.74. The molecule has 0 radical (unpaired) electrons. The first kappa shape index (κ1) is 20.4. The molecule has 3 rings (SSSR count). The molecule has 2 atom stereocenters. The predicted molar refractivity (Wildman–Crippen MR) is 108 cm³/mol. The minimum atomic E-state index is -0.108. The van der Waals surface area contributed by atoms with E-state index in [1.54, 1.807) is 19.2 Å². The van der Waals surface area contributed by atoms with Gasteiger partial charge in [-0.1, -0.05) is 13.3 Å². The van der Waals surface area contributed by atoms with E-state index in [1.807, 2.05) is 24.3 Å². The molecule has 150 valence electrons. The standard InChI is InChI=1S/C19H30N4O3S/c1-4-7-18-20-17-14-21(2)27-22(19(17)23(18)24)12-5-6-13-26-16-10-8-15(25-3)9-11-16/h8-11,18-19,24H,4-7,12-14H2,1-3H3. The van der Waals surface area contributed by atoms with Gasteiger partial charge >= 0.3 is 0 Å². The number of nitrogens with zero attached hydrogens (tertiary/aromatic N) is 4. The second-order valence-corrected chi connectivity index (χ2v) is 8.14. The highest BCUT2D eigenvalue weighted by Crippen LogP contribution is 2.32. The van der Waals surface area contributed by atoms with Gasteiger partial charge < -0.3 is 14.7 Å². The van der Waals surface area contributed by atoms with E-state index >= 15 is 0 Å². The summed E-state index contributed by atoms with van der Waals surface area (Å²) in [5, 5.41) is 12.0. The molecule has 7 nitrogen and oxygen atoms in total. The van der Waals surface area contributed by atoms with Gasteiger partial charge in [0.05, 0.1) is 26.0 Å². The molecular weight excluding hydrogens is 364 g/mol. The largest absolute Gasteiger partial charge is 0.497 e. The average Bonchev–Trinajstić information content (AvgIpc) is 2.97. The average molecular weight is 395 g/mol. The van der Waals surface area contributed by atoms with Gasteiger partial charge in [-0.15, -0.1) is 5.06 Å². The smallest absolute Gasteiger partial charge is 0.139 e. The molecule has 0 amide bonds. The second kappa shape index (κ2) is 9.75. The first-order valence-corrected chi connectivity index (χ1v) is 10.3. The van der Waals surface area contributed by atoms with E-state index in [-0.39, 0.29) is 12.3 Å². The van der Waals surface area contributed by atoms with Crippen molar-refractivity contribution in [1.29, 1.82) is 0 Å². The first-order valence-electron chi connectivity index (χ1n) is 9.59. The topological polar surface area (TPSA) is 60.8 Å². The quantitative estimate of drug-likeness (QED) is 0.509. The summed E-state index contributed by atoms with van der Waals surface area (Å²) in [5.74, 6) is 1.69. The van der Waals surface area contributed by atoms with Crippen LogP contribution in [0.3, 0.4) is 0 Å². The number of ether oxygens (including phenoxy) is 2. The molecular formula is C19H30N4O3S. The molecule has 0 saturated carbocycles. The third-order valence-corrected chi connectivity index (χ3v) is 5.72. The fraction of sp³-hybridized carbons (Fsp3) is 0.632. The Labute approximate surface area is 166 Å². The van der Waals surface area contributed by atoms with Crippen molar-refractivity contribution in [3.05, 3.63) is 24.3 Å². The highest BCUT2D eigenvalue weighted by atomic mass is 32.2. The molecule has 0 spiro atoms. The van der Waals surface area contributed by atoms with Gasteiger partial charge in [0.1, 0.15) is 23.8 Å². The molecule has 2 aliphatic rings. The molecule has 1 N–H and O–H groups in total. The van der Waals surface area contributed by atoms with Gasteiger partial charge in [-0.2, -0.15) is 0 Å². The molecule has 8 heteroatoms. The zero-order valence-electron chi connectivity index (χ0n) is 16.4. The molecule has 1 aromatic carbocycles. The van der Waals surface area contributed by atoms with Crippen LogP contribution in [0.1, 0.15) is 32.6 Å². The molecule has 2 heterocycles. The number of hydrogen-bond donors (Lipinski definition) is 1. The van der Waals surface area contributed by atoms with Crippen LogP contribution in [-0.2, 0) is 0 Å². The lowest BCUT2D eigenvalue weighted by Gasteiger charge is -2.39. The van der Waals surface area contributed by atoms with E-state index < -0.39 is 0 Å². The summed E-state index contributed by atoms with van der Waals surface area (Å²) in [7, 11) is 3.72. The number of fused-ring (bicyclic) bond motifs is 1. The van der Waals surface area contributed by atoms with Crippen molar-refractivity contribution in [2.45, 2.75) is 44.9 Å². The van der Waals surface area contributed by atoms with Gasteiger partial charge in [0.15, 0.2) is 0 Å². The first-order chi connectivity index (χ1) is 13.1. The van der Waals surface area contributed by atoms with E-state index in [0.29, 0.717) is 6.61 Å². The van der Waals surface area contributed by atoms with Gasteiger partial charge in [-0.25, -0.2) is 8.61 Å². The number of hydroxylamine groups is 2. The molecule has 1 fully saturated rings. The zero-order chi connectivity index (χ0) is 19.2. The maximum atomic E-state index is 10.6. The van der Waals surface area contributed by atoms with Gasteiger partial charge in [-0.3, -0.25) is 4.99 Å². The van der Waals surface area contributed by atoms with E-state index in [2.05, 4.69) is 22.6 Å². The summed E-state index contributed by atoms with van der Waals surface area (Å²) in [6.07, 6.45) is 3.63. The summed E-state index contributed by atoms with van der Waals surface area (Å²) in [6, 6.07) is 7.65. The Bertz CT molecular complexity index is 628. The highest BCUT2D eigenvalue weighted by Gasteiger charge is 2.42. The van der Waals surface area contributed by atoms with Crippen LogP contribution in [-0.4, -0.2) is 70.8 Å². The van der Waals surface area contributed by atoms with Crippen LogP contribution in [0.4, 0.5) is 0 Å². The number of methoxy groups -OCH3 is 1. The van der Waals surface area contributed by atoms with E-state index in [9.17, 15) is 5.21 Å². The number of rotatable bonds is 9. The lowest BCUT2D eigenvalue weighted by molar-refractivity contribution is -0.154. The minimum absolute atomic E-state index is 0.106. The van der Waals surface area contributed by atoms with Crippen molar-refractivity contribution in [2.75, 3.05) is 33.9 Å². The van der Waals surface area contributed by atoms with Crippen LogP contribution in [0, 0.1) is 0 Å². The van der Waals surface area contributed by atoms with Crippen molar-refractivity contribution < 1.29 is 14.7 Å². The maximum Gasteiger partial charge on any atom is 0.139 e. The van der Waals surface area contributed by atoms with Gasteiger partial charge in [0.25, 0.3) is 0 Å². The molecule has 1 aromatic rings. The van der Waals surface area contributed by atoms with Crippen LogP contribution < -0.4 is 9.47 Å². The third-order valence-electron chi connectivity index (χ3n) is 4.72. The molecule has 2 aliphatic heterocycles. The second-order valence-electron chi connectivity index (χ2n) is 6.88. The van der Waals surface area contributed by atoms with Crippen LogP contribution in [0.25, 0.3) is 0 Å². The molecule has 2 unspecified atom stereocenters. The van der Waals surface area contributed by atoms with Crippen LogP contribution >= 0.6 is 12.1 Å². The number of hydrogen-bond acceptors (Lipinski definition) is 8. The number of unbranched alkanes of at least 4 members (excludes halogenated alkanes) is 1. The molecule has 0 bridgehead atoms. The summed E-state index contributed by atoms with van der Waals surface area (Å²) < 4.78 is 15.3. The lowest BCUT2D eigenvalue weighted by atomic mass is 10.2. The van der Waals surface area contributed by atoms with Crippen molar-refractivity contribution >= 4 is 17.8 Å². The van der Waals surface area contributed by atoms with Crippen molar-refractivity contribution in [1.82, 2.24) is 13.7 Å². The van der Waals surface area contributed by atoms with Crippen molar-refractivity contribution in [3.8, 4) is 11.5 Å². The Morgan fingerprint density at radius 3 is 2.67 bits per heavy atom. The lowest BCUT2D eigenvalue weighted by Crippen LogP contribution is -2.53. The monoisotopic (exact) mass is 394 g/mol. The molecule has 1 saturated heterocycles. The van der Waals surface area contributed by atoms with Gasteiger partial charge in [0.2, 0.25) is 0 Å². The zero-order valence-corrected chi connectivity index (χ0v) is 17.2. The Kier molecular flexibility index (Phi) is 7.37. The predicted octanol–water partition coefficient (Wildman–Crippen LogP) is 3.26. The summed E-state index contributed by atoms with van der Waals surface area (Å²) in [6.45, 7) is 4.47. The molecule has 0 aliphatic carbocycles. The van der Waals surface area contributed by atoms with E-state index in [0.717, 1.165) is 56.0 Å². The van der Waals surface area contributed by atoms with Gasteiger partial charge in [0, 0.05) is 18.7 Å². The summed E-state index contributed by atoms with van der Waals surface area (Å²) >= 11 is 1.67. The summed E-state index contributed by atoms with van der Waals surface area (Å²) in [5.41, 5.74) is 1.06. The van der Waals surface area contributed by atoms with Crippen molar-refractivity contribution in [2.24, 2.45) is 4.99 Å². The fourth-order valence-corrected chi connectivity index (χ4v) is 4.45. The molecule has 0 aromatic heterocycles. The normalized spacial score (nSPS) is 23.9. The van der Waals surface area contributed by atoms with Crippen LogP contribution in [0.15, 0.2) is 29.3 Å².